The molecule has 350 valence electrons. The number of aliphatic hydroxyl groups is 1. The number of rotatable bonds is 18. The molecule has 2 aromatic carbocycles. The number of aliphatic hydroxyl groups excluding tert-OH is 1. The van der Waals surface area contributed by atoms with E-state index in [1.807, 2.05) is 0 Å². The molecule has 2 aliphatic heterocycles. The highest BCUT2D eigenvalue weighted by Crippen LogP contribution is 2.57. The SMILES string of the molecule is Nc1ccn([C@H]2CC(OP(=O)(O)OC[C@H]3O[C@@H](n4cnc5c(N)ncnc54)C[C@@H]3O)[C@@H](COP(=O)(O)SCCCCCC(=O)Nc3ccc(N)c4c3C(=O)c3ccccc3C4=O)O2)c(=O)n1. The molecule has 27 heteroatoms. The Balaban J connectivity index is 0.819. The number of anilines is 4. The van der Waals surface area contributed by atoms with E-state index in [4.69, 9.17) is 40.2 Å². The number of nitrogens with one attached hydrogen (secondary N) is 1. The Morgan fingerprint density at radius 1 is 0.864 bits per heavy atom. The van der Waals surface area contributed by atoms with Gasteiger partial charge in [0.15, 0.2) is 23.0 Å². The number of phosphoric acid groups is 1. The summed E-state index contributed by atoms with van der Waals surface area (Å²) >= 11 is 0.620. The molecule has 3 aromatic heterocycles. The number of unbranched alkanes of at least 4 members (excludes halogenated alkanes) is 2. The number of benzene rings is 2. The van der Waals surface area contributed by atoms with E-state index in [0.717, 1.165) is 4.57 Å². The monoisotopic (exact) mass is 970 g/mol. The molecule has 1 amide bonds. The van der Waals surface area contributed by atoms with Gasteiger partial charge in [-0.2, -0.15) is 4.98 Å². The Morgan fingerprint density at radius 3 is 2.33 bits per heavy atom. The lowest BCUT2D eigenvalue weighted by Gasteiger charge is -2.23. The first kappa shape index (κ1) is 47.1. The van der Waals surface area contributed by atoms with Crippen LogP contribution in [-0.2, 0) is 37.0 Å². The van der Waals surface area contributed by atoms with E-state index in [2.05, 4.69) is 25.3 Å². The summed E-state index contributed by atoms with van der Waals surface area (Å²) in [7, 11) is -4.97. The number of hydrogen-bond donors (Lipinski definition) is 7. The number of ketones is 2. The first-order valence-electron chi connectivity index (χ1n) is 20.4. The van der Waals surface area contributed by atoms with Gasteiger partial charge in [0, 0.05) is 48.0 Å². The van der Waals surface area contributed by atoms with E-state index in [-0.39, 0.29) is 70.3 Å². The van der Waals surface area contributed by atoms with Crippen LogP contribution in [0.4, 0.5) is 23.0 Å². The van der Waals surface area contributed by atoms with Gasteiger partial charge in [0.1, 0.15) is 48.4 Å². The van der Waals surface area contributed by atoms with Crippen molar-refractivity contribution in [3.05, 3.63) is 94.1 Å². The van der Waals surface area contributed by atoms with Gasteiger partial charge in [-0.1, -0.05) is 30.7 Å². The van der Waals surface area contributed by atoms with Crippen molar-refractivity contribution >= 4 is 77.7 Å². The van der Waals surface area contributed by atoms with Crippen molar-refractivity contribution in [2.45, 2.75) is 75.4 Å². The van der Waals surface area contributed by atoms with Gasteiger partial charge in [-0.15, -0.1) is 0 Å². The van der Waals surface area contributed by atoms with E-state index in [1.54, 1.807) is 24.3 Å². The van der Waals surface area contributed by atoms with Crippen LogP contribution in [0.15, 0.2) is 66.1 Å². The molecule has 5 aromatic rings. The van der Waals surface area contributed by atoms with Crippen LogP contribution in [0.3, 0.4) is 0 Å². The normalized spacial score (nSPS) is 23.3. The van der Waals surface area contributed by atoms with Gasteiger partial charge < -0.3 is 46.9 Å². The number of carbonyl (C=O) groups is 3. The van der Waals surface area contributed by atoms with E-state index < -0.39 is 87.9 Å². The summed E-state index contributed by atoms with van der Waals surface area (Å²) in [6.07, 6.45) is -1.65. The molecule has 24 nitrogen and oxygen atoms in total. The van der Waals surface area contributed by atoms with Crippen molar-refractivity contribution < 1.29 is 61.5 Å². The van der Waals surface area contributed by atoms with Crippen LogP contribution in [0, 0.1) is 0 Å². The Bertz CT molecular complexity index is 2850. The van der Waals surface area contributed by atoms with Crippen LogP contribution >= 0.6 is 26.0 Å². The topological polar surface area (TPSA) is 361 Å². The summed E-state index contributed by atoms with van der Waals surface area (Å²) in [4.78, 5) is 89.6. The molecule has 8 rings (SSSR count). The van der Waals surface area contributed by atoms with Gasteiger partial charge in [-0.05, 0) is 42.4 Å². The fourth-order valence-electron chi connectivity index (χ4n) is 7.78. The van der Waals surface area contributed by atoms with Crippen LogP contribution in [0.5, 0.6) is 0 Å². The third kappa shape index (κ3) is 10.3. The predicted molar refractivity (Wildman–Crippen MR) is 236 cm³/mol. The molecule has 1 aliphatic carbocycles. The van der Waals surface area contributed by atoms with E-state index >= 15 is 0 Å². The smallest absolute Gasteiger partial charge is 0.398 e. The molecule has 3 aliphatic rings. The van der Waals surface area contributed by atoms with E-state index in [0.29, 0.717) is 41.8 Å². The quantitative estimate of drug-likeness (QED) is 0.0369. The minimum atomic E-state index is -4.97. The van der Waals surface area contributed by atoms with Gasteiger partial charge in [-0.3, -0.25) is 37.1 Å². The fraction of sp³-hybridized carbons (Fsp3) is 0.385. The maximum Gasteiger partial charge on any atom is 0.472 e. The molecule has 3 unspecified atom stereocenters. The minimum absolute atomic E-state index is 0.0297. The number of hydrogen-bond acceptors (Lipinski definition) is 20. The van der Waals surface area contributed by atoms with Crippen molar-refractivity contribution in [3.63, 3.8) is 0 Å². The molecule has 5 heterocycles. The highest BCUT2D eigenvalue weighted by Gasteiger charge is 2.45. The Labute approximate surface area is 378 Å². The fourth-order valence-corrected chi connectivity index (χ4v) is 11.2. The summed E-state index contributed by atoms with van der Waals surface area (Å²) in [5.74, 6) is -1.02. The van der Waals surface area contributed by atoms with Crippen molar-refractivity contribution in [3.8, 4) is 0 Å². The number of carbonyl (C=O) groups excluding carboxylic acids is 3. The summed E-state index contributed by atoms with van der Waals surface area (Å²) < 4.78 is 57.0. The Kier molecular flexibility index (Phi) is 13.9. The van der Waals surface area contributed by atoms with E-state index in [1.165, 1.54) is 41.6 Å². The van der Waals surface area contributed by atoms with Crippen LogP contribution in [0.25, 0.3) is 11.2 Å². The predicted octanol–water partition coefficient (Wildman–Crippen LogP) is 3.09. The maximum atomic E-state index is 13.4. The van der Waals surface area contributed by atoms with Crippen LogP contribution < -0.4 is 28.2 Å². The van der Waals surface area contributed by atoms with Crippen molar-refractivity contribution in [2.24, 2.45) is 0 Å². The second kappa shape index (κ2) is 19.4. The zero-order chi connectivity index (χ0) is 46.9. The number of ether oxygens (including phenoxy) is 2. The molecule has 8 atom stereocenters. The first-order chi connectivity index (χ1) is 31.5. The largest absolute Gasteiger partial charge is 0.472 e. The molecule has 66 heavy (non-hydrogen) atoms. The van der Waals surface area contributed by atoms with Crippen molar-refractivity contribution in [1.82, 2.24) is 29.1 Å². The summed E-state index contributed by atoms with van der Waals surface area (Å²) in [5, 5.41) is 13.4. The highest BCUT2D eigenvalue weighted by molar-refractivity contribution is 8.54. The lowest BCUT2D eigenvalue weighted by Crippen LogP contribution is -2.30. The molecular weight excluding hydrogens is 926 g/mol. The van der Waals surface area contributed by atoms with Crippen molar-refractivity contribution in [2.75, 3.05) is 41.5 Å². The number of nitrogens with two attached hydrogens (primary N) is 3. The van der Waals surface area contributed by atoms with Crippen LogP contribution in [-0.4, -0.2) is 105 Å². The molecule has 2 fully saturated rings. The Hall–Kier alpha value is -5.43. The standard InChI is InChI=1S/C39H44N10O14P2S/c40-22-9-10-23(33-32(22)35(52)20-6-3-4-7-21(20)36(33)53)46-29(51)8-2-1-5-13-66-65(57,58)60-17-27-25(15-31(62-27)48-12-11-28(41)47-39(48)54)63-64(55,56)59-16-26-24(50)14-30(61-26)49-19-45-34-37(42)43-18-44-38(34)49/h3-4,6-7,9-12,18-19,24-27,30-31,50H,1-2,5,8,13-17,40H2,(H,46,51)(H,55,56)(H,57,58)(H2,41,47,54)(H2,42,43,44)/t24-,25?,26+,27+,30+,31+/m0/s1. The number of aromatic nitrogens is 6. The second-order valence-electron chi connectivity index (χ2n) is 15.4. The third-order valence-corrected chi connectivity index (χ3v) is 15.1. The number of nitrogens with zero attached hydrogens (tertiary/aromatic N) is 6. The molecule has 10 N–H and O–H groups in total. The molecule has 0 radical (unpaired) electrons. The van der Waals surface area contributed by atoms with Gasteiger partial charge in [0.2, 0.25) is 5.91 Å². The van der Waals surface area contributed by atoms with Gasteiger partial charge in [0.05, 0.1) is 42.5 Å². The average molecular weight is 971 g/mol. The van der Waals surface area contributed by atoms with E-state index in [9.17, 15) is 43.2 Å². The third-order valence-electron chi connectivity index (χ3n) is 11.0. The average Bonchev–Trinajstić information content (AvgIpc) is 4.00. The summed E-state index contributed by atoms with van der Waals surface area (Å²) in [6, 6.07) is 10.6. The van der Waals surface area contributed by atoms with Gasteiger partial charge >= 0.3 is 20.3 Å². The lowest BCUT2D eigenvalue weighted by atomic mass is 9.82. The summed E-state index contributed by atoms with van der Waals surface area (Å²) in [5.41, 5.74) is 18.3. The van der Waals surface area contributed by atoms with Crippen LogP contribution in [0.1, 0.15) is 82.8 Å². The highest BCUT2D eigenvalue weighted by atomic mass is 32.7. The number of amides is 1. The molecule has 0 saturated carbocycles. The van der Waals surface area contributed by atoms with Crippen molar-refractivity contribution in [1.29, 1.82) is 0 Å². The molecule has 2 saturated heterocycles. The summed E-state index contributed by atoms with van der Waals surface area (Å²) in [6.45, 7) is -5.58. The molecule has 0 spiro atoms. The van der Waals surface area contributed by atoms with Gasteiger partial charge in [-0.25, -0.2) is 28.9 Å². The maximum absolute atomic E-state index is 13.4. The number of fused-ring (bicyclic) bond motifs is 3. The zero-order valence-electron chi connectivity index (χ0n) is 34.7. The lowest BCUT2D eigenvalue weighted by molar-refractivity contribution is -0.116. The number of imidazole rings is 1. The van der Waals surface area contributed by atoms with Crippen LogP contribution in [0.2, 0.25) is 0 Å². The number of nitrogen functional groups attached to an aromatic ring is 3. The zero-order valence-corrected chi connectivity index (χ0v) is 37.3. The minimum Gasteiger partial charge on any atom is -0.398 e. The number of phosphoric ester groups is 1. The second-order valence-corrected chi connectivity index (χ2v) is 20.9. The molecular formula is C39H44N10O14P2S. The molecule has 0 bridgehead atoms. The first-order valence-corrected chi connectivity index (χ1v) is 25.1. The Morgan fingerprint density at radius 2 is 1.58 bits per heavy atom. The van der Waals surface area contributed by atoms with Gasteiger partial charge in [0.25, 0.3) is 0 Å².